The van der Waals surface area contributed by atoms with Gasteiger partial charge < -0.3 is 9.57 Å². The van der Waals surface area contributed by atoms with Gasteiger partial charge in [-0.2, -0.15) is 0 Å². The van der Waals surface area contributed by atoms with Crippen LogP contribution in [0.4, 0.5) is 0 Å². The van der Waals surface area contributed by atoms with Crippen molar-refractivity contribution in [3.8, 4) is 0 Å². The molecule has 0 bridgehead atoms. The van der Waals surface area contributed by atoms with E-state index < -0.39 is 23.9 Å². The normalized spacial score (nSPS) is 21.8. The van der Waals surface area contributed by atoms with Crippen molar-refractivity contribution in [3.05, 3.63) is 71.3 Å². The van der Waals surface area contributed by atoms with Crippen LogP contribution in [0.3, 0.4) is 0 Å². The lowest BCUT2D eigenvalue weighted by molar-refractivity contribution is -0.180. The van der Waals surface area contributed by atoms with Crippen LogP contribution in [0.1, 0.15) is 39.1 Å². The summed E-state index contributed by atoms with van der Waals surface area (Å²) >= 11 is 0. The number of carbonyl (C=O) groups excluding carboxylic acids is 3. The van der Waals surface area contributed by atoms with Gasteiger partial charge in [0.25, 0.3) is 11.8 Å². The number of hydrogen-bond donors (Lipinski definition) is 0. The van der Waals surface area contributed by atoms with E-state index in [1.807, 2.05) is 30.3 Å². The second-order valence-corrected chi connectivity index (χ2v) is 6.37. The first kappa shape index (κ1) is 16.5. The summed E-state index contributed by atoms with van der Waals surface area (Å²) in [6, 6.07) is 16.3. The van der Waals surface area contributed by atoms with Crippen LogP contribution in [0.15, 0.2) is 54.6 Å². The molecular formula is C20H17NO5. The number of rotatable bonds is 4. The van der Waals surface area contributed by atoms with Crippen LogP contribution in [0.25, 0.3) is 0 Å². The van der Waals surface area contributed by atoms with Crippen LogP contribution in [-0.2, 0) is 20.8 Å². The van der Waals surface area contributed by atoms with E-state index in [0.717, 1.165) is 12.0 Å². The summed E-state index contributed by atoms with van der Waals surface area (Å²) < 4.78 is 5.76. The number of fused-ring (bicyclic) bond motifs is 1. The van der Waals surface area contributed by atoms with Crippen molar-refractivity contribution in [1.82, 2.24) is 5.06 Å². The average Bonchev–Trinajstić information content (AvgIpc) is 3.22. The van der Waals surface area contributed by atoms with Crippen LogP contribution in [0.5, 0.6) is 0 Å². The molecule has 1 fully saturated rings. The Bertz CT molecular complexity index is 829. The molecule has 4 rings (SSSR count). The maximum atomic E-state index is 12.3. The molecule has 132 valence electrons. The predicted octanol–water partition coefficient (Wildman–Crippen LogP) is 2.53. The third-order valence-corrected chi connectivity index (χ3v) is 4.61. The van der Waals surface area contributed by atoms with Gasteiger partial charge >= 0.3 is 5.97 Å². The van der Waals surface area contributed by atoms with Gasteiger partial charge in [-0.15, -0.1) is 0 Å². The van der Waals surface area contributed by atoms with Crippen molar-refractivity contribution in [1.29, 1.82) is 0 Å². The summed E-state index contributed by atoms with van der Waals surface area (Å²) in [6.07, 6.45) is 1.07. The fourth-order valence-electron chi connectivity index (χ4n) is 3.31. The van der Waals surface area contributed by atoms with Gasteiger partial charge in [0.1, 0.15) is 0 Å². The lowest BCUT2D eigenvalue weighted by Crippen LogP contribution is -2.37. The Balaban J connectivity index is 1.38. The first-order chi connectivity index (χ1) is 12.6. The fourth-order valence-corrected chi connectivity index (χ4v) is 3.31. The van der Waals surface area contributed by atoms with E-state index in [1.54, 1.807) is 12.1 Å². The molecule has 0 N–H and O–H groups in total. The van der Waals surface area contributed by atoms with E-state index in [2.05, 4.69) is 0 Å². The monoisotopic (exact) mass is 351 g/mol. The zero-order valence-corrected chi connectivity index (χ0v) is 14.0. The molecule has 6 nitrogen and oxygen atoms in total. The Kier molecular flexibility index (Phi) is 4.26. The van der Waals surface area contributed by atoms with Crippen LogP contribution in [-0.4, -0.2) is 35.1 Å². The quantitative estimate of drug-likeness (QED) is 0.792. The van der Waals surface area contributed by atoms with E-state index in [1.165, 1.54) is 12.1 Å². The standard InChI is InChI=1S/C20H17NO5/c22-18-15-8-4-5-9-16(15)19(23)21(18)26-20(24)17-11-10-14(25-17)12-13-6-2-1-3-7-13/h1-9,14,17H,10-12H2/t14-,17+/m1/s1. The summed E-state index contributed by atoms with van der Waals surface area (Å²) in [7, 11) is 0. The third-order valence-electron chi connectivity index (χ3n) is 4.61. The minimum atomic E-state index is -0.770. The van der Waals surface area contributed by atoms with E-state index in [4.69, 9.17) is 9.57 Å². The number of amides is 2. The molecule has 0 saturated carbocycles. The summed E-state index contributed by atoms with van der Waals surface area (Å²) in [4.78, 5) is 41.9. The maximum Gasteiger partial charge on any atom is 0.361 e. The van der Waals surface area contributed by atoms with Gasteiger partial charge in [0, 0.05) is 0 Å². The highest BCUT2D eigenvalue weighted by Gasteiger charge is 2.41. The van der Waals surface area contributed by atoms with Crippen LogP contribution < -0.4 is 0 Å². The zero-order chi connectivity index (χ0) is 18.1. The van der Waals surface area contributed by atoms with Crippen molar-refractivity contribution in [2.75, 3.05) is 0 Å². The number of nitrogens with zero attached hydrogens (tertiary/aromatic N) is 1. The van der Waals surface area contributed by atoms with Gasteiger partial charge in [-0.3, -0.25) is 9.59 Å². The molecule has 26 heavy (non-hydrogen) atoms. The Morgan fingerprint density at radius 3 is 2.23 bits per heavy atom. The predicted molar refractivity (Wildman–Crippen MR) is 91.1 cm³/mol. The first-order valence-electron chi connectivity index (χ1n) is 8.52. The number of ether oxygens (including phenoxy) is 1. The molecule has 2 amide bonds. The summed E-state index contributed by atoms with van der Waals surface area (Å²) in [5.41, 5.74) is 1.60. The highest BCUT2D eigenvalue weighted by Crippen LogP contribution is 2.26. The van der Waals surface area contributed by atoms with Crippen LogP contribution >= 0.6 is 0 Å². The second-order valence-electron chi connectivity index (χ2n) is 6.37. The molecule has 0 radical (unpaired) electrons. The van der Waals surface area contributed by atoms with Gasteiger partial charge in [-0.25, -0.2) is 4.79 Å². The first-order valence-corrected chi connectivity index (χ1v) is 8.52. The number of imide groups is 1. The maximum absolute atomic E-state index is 12.3. The fraction of sp³-hybridized carbons (Fsp3) is 0.250. The second kappa shape index (κ2) is 6.72. The minimum absolute atomic E-state index is 0.0860. The SMILES string of the molecule is O=C(ON1C(=O)c2ccccc2C1=O)[C@@H]1CC[C@H](Cc2ccccc2)O1. The number of carbonyl (C=O) groups is 3. The van der Waals surface area contributed by atoms with E-state index >= 15 is 0 Å². The Hall–Kier alpha value is -2.99. The Morgan fingerprint density at radius 1 is 0.962 bits per heavy atom. The molecule has 2 aliphatic heterocycles. The van der Waals surface area contributed by atoms with Gasteiger partial charge in [-0.05, 0) is 37.0 Å². The van der Waals surface area contributed by atoms with Crippen molar-refractivity contribution >= 4 is 17.8 Å². The molecule has 2 aromatic rings. The molecule has 0 unspecified atom stereocenters. The average molecular weight is 351 g/mol. The lowest BCUT2D eigenvalue weighted by Gasteiger charge is -2.16. The molecular weight excluding hydrogens is 334 g/mol. The van der Waals surface area contributed by atoms with Crippen LogP contribution in [0, 0.1) is 0 Å². The van der Waals surface area contributed by atoms with E-state index in [0.29, 0.717) is 17.9 Å². The zero-order valence-electron chi connectivity index (χ0n) is 14.0. The van der Waals surface area contributed by atoms with Gasteiger partial charge in [0.2, 0.25) is 0 Å². The van der Waals surface area contributed by atoms with Crippen molar-refractivity contribution in [3.63, 3.8) is 0 Å². The highest BCUT2D eigenvalue weighted by atomic mass is 16.7. The van der Waals surface area contributed by atoms with Gasteiger partial charge in [0.15, 0.2) is 6.10 Å². The summed E-state index contributed by atoms with van der Waals surface area (Å²) in [5, 5.41) is 0.529. The number of hydroxylamine groups is 2. The Labute approximate surface area is 150 Å². The molecule has 0 aliphatic carbocycles. The summed E-state index contributed by atoms with van der Waals surface area (Å²) in [6.45, 7) is 0. The van der Waals surface area contributed by atoms with Gasteiger partial charge in [-0.1, -0.05) is 47.5 Å². The third kappa shape index (κ3) is 2.99. The highest BCUT2D eigenvalue weighted by molar-refractivity contribution is 6.20. The number of hydrogen-bond acceptors (Lipinski definition) is 5. The topological polar surface area (TPSA) is 72.9 Å². The van der Waals surface area contributed by atoms with Crippen molar-refractivity contribution in [2.24, 2.45) is 0 Å². The van der Waals surface area contributed by atoms with Gasteiger partial charge in [0.05, 0.1) is 17.2 Å². The van der Waals surface area contributed by atoms with E-state index in [-0.39, 0.29) is 17.2 Å². The molecule has 2 heterocycles. The molecule has 2 atom stereocenters. The molecule has 0 spiro atoms. The molecule has 1 saturated heterocycles. The number of benzene rings is 2. The van der Waals surface area contributed by atoms with E-state index in [9.17, 15) is 14.4 Å². The minimum Gasteiger partial charge on any atom is -0.363 e. The molecule has 2 aliphatic rings. The smallest absolute Gasteiger partial charge is 0.361 e. The largest absolute Gasteiger partial charge is 0.363 e. The Morgan fingerprint density at radius 2 is 1.58 bits per heavy atom. The molecule has 6 heteroatoms. The van der Waals surface area contributed by atoms with Crippen LogP contribution in [0.2, 0.25) is 0 Å². The van der Waals surface area contributed by atoms with Crippen molar-refractivity contribution in [2.45, 2.75) is 31.5 Å². The summed E-state index contributed by atoms with van der Waals surface area (Å²) in [5.74, 6) is -1.97. The molecule has 2 aromatic carbocycles. The lowest BCUT2D eigenvalue weighted by atomic mass is 10.1. The van der Waals surface area contributed by atoms with Crippen molar-refractivity contribution < 1.29 is 24.0 Å². The molecule has 0 aromatic heterocycles.